The van der Waals surface area contributed by atoms with Gasteiger partial charge in [0.2, 0.25) is 5.91 Å². The number of nitro groups is 1. The van der Waals surface area contributed by atoms with Gasteiger partial charge in [0, 0.05) is 29.2 Å². The van der Waals surface area contributed by atoms with Crippen LogP contribution >= 0.6 is 23.2 Å². The molecule has 0 spiro atoms. The number of nitrogens with one attached hydrogen (secondary N) is 2. The van der Waals surface area contributed by atoms with Crippen molar-refractivity contribution in [1.29, 1.82) is 0 Å². The number of carbonyl (C=O) groups excluding carboxylic acids is 2. The number of hydrogen-bond donors (Lipinski definition) is 2. The highest BCUT2D eigenvalue weighted by atomic mass is 35.5. The van der Waals surface area contributed by atoms with E-state index in [0.29, 0.717) is 29.4 Å². The van der Waals surface area contributed by atoms with Crippen LogP contribution in [0.15, 0.2) is 36.4 Å². The van der Waals surface area contributed by atoms with E-state index in [4.69, 9.17) is 23.2 Å². The number of rotatable bonds is 9. The SMILES string of the molecule is CCCN(CC(=O)Nc1ccc(Cl)cc1Cl)C(=O)c1ccc(NC2CC2)c([N+](=O)[O-])c1. The van der Waals surface area contributed by atoms with Crippen molar-refractivity contribution in [2.45, 2.75) is 32.2 Å². The summed E-state index contributed by atoms with van der Waals surface area (Å²) in [5.41, 5.74) is 0.762. The first kappa shape index (κ1) is 22.8. The lowest BCUT2D eigenvalue weighted by Crippen LogP contribution is -2.38. The summed E-state index contributed by atoms with van der Waals surface area (Å²) in [6.45, 7) is 1.97. The number of benzene rings is 2. The molecule has 1 aliphatic carbocycles. The Labute approximate surface area is 189 Å². The zero-order valence-corrected chi connectivity index (χ0v) is 18.4. The molecule has 0 atom stereocenters. The van der Waals surface area contributed by atoms with Gasteiger partial charge in [0.1, 0.15) is 12.2 Å². The number of anilines is 2. The summed E-state index contributed by atoms with van der Waals surface area (Å²) in [6, 6.07) is 9.24. The van der Waals surface area contributed by atoms with Gasteiger partial charge in [-0.2, -0.15) is 0 Å². The quantitative estimate of drug-likeness (QED) is 0.402. The number of hydrogen-bond acceptors (Lipinski definition) is 5. The molecular weight excluding hydrogens is 443 g/mol. The summed E-state index contributed by atoms with van der Waals surface area (Å²) in [7, 11) is 0. The van der Waals surface area contributed by atoms with Gasteiger partial charge in [-0.25, -0.2) is 0 Å². The zero-order chi connectivity index (χ0) is 22.5. The molecular formula is C21H22Cl2N4O4. The molecule has 0 aliphatic heterocycles. The number of amides is 2. The van der Waals surface area contributed by atoms with Crippen molar-refractivity contribution in [3.8, 4) is 0 Å². The van der Waals surface area contributed by atoms with Crippen LogP contribution in [0.25, 0.3) is 0 Å². The van der Waals surface area contributed by atoms with Crippen LogP contribution in [-0.4, -0.2) is 40.8 Å². The van der Waals surface area contributed by atoms with Crippen LogP contribution in [0, 0.1) is 10.1 Å². The summed E-state index contributed by atoms with van der Waals surface area (Å²) in [4.78, 5) is 37.9. The van der Waals surface area contributed by atoms with Crippen LogP contribution in [0.5, 0.6) is 0 Å². The topological polar surface area (TPSA) is 105 Å². The largest absolute Gasteiger partial charge is 0.377 e. The minimum atomic E-state index is -0.513. The Hall–Kier alpha value is -2.84. The molecule has 2 amide bonds. The summed E-state index contributed by atoms with van der Waals surface area (Å²) >= 11 is 11.9. The van der Waals surface area contributed by atoms with E-state index < -0.39 is 16.7 Å². The first-order valence-electron chi connectivity index (χ1n) is 9.87. The maximum atomic E-state index is 13.0. The second-order valence-corrected chi connectivity index (χ2v) is 8.15. The monoisotopic (exact) mass is 464 g/mol. The molecule has 2 aromatic rings. The molecule has 10 heteroatoms. The Kier molecular flexibility index (Phi) is 7.35. The molecule has 1 fully saturated rings. The molecule has 1 aliphatic rings. The van der Waals surface area contributed by atoms with E-state index in [9.17, 15) is 19.7 Å². The van der Waals surface area contributed by atoms with Gasteiger partial charge in [0.15, 0.2) is 0 Å². The van der Waals surface area contributed by atoms with E-state index in [1.54, 1.807) is 18.2 Å². The number of carbonyl (C=O) groups is 2. The molecule has 31 heavy (non-hydrogen) atoms. The fourth-order valence-electron chi connectivity index (χ4n) is 3.04. The first-order chi connectivity index (χ1) is 14.8. The zero-order valence-electron chi connectivity index (χ0n) is 16.9. The van der Waals surface area contributed by atoms with Crippen LogP contribution in [0.2, 0.25) is 10.0 Å². The molecule has 164 valence electrons. The van der Waals surface area contributed by atoms with Gasteiger partial charge in [-0.15, -0.1) is 0 Å². The Balaban J connectivity index is 1.75. The van der Waals surface area contributed by atoms with Crippen LogP contribution in [-0.2, 0) is 4.79 Å². The lowest BCUT2D eigenvalue weighted by molar-refractivity contribution is -0.384. The van der Waals surface area contributed by atoms with Crippen molar-refractivity contribution in [1.82, 2.24) is 4.90 Å². The third-order valence-corrected chi connectivity index (χ3v) is 5.25. The van der Waals surface area contributed by atoms with Gasteiger partial charge in [-0.3, -0.25) is 19.7 Å². The number of nitro benzene ring substituents is 1. The highest BCUT2D eigenvalue weighted by Crippen LogP contribution is 2.32. The second-order valence-electron chi connectivity index (χ2n) is 7.31. The van der Waals surface area contributed by atoms with E-state index >= 15 is 0 Å². The van der Waals surface area contributed by atoms with Crippen molar-refractivity contribution < 1.29 is 14.5 Å². The molecule has 2 aromatic carbocycles. The minimum Gasteiger partial charge on any atom is -0.377 e. The molecule has 0 aromatic heterocycles. The molecule has 0 heterocycles. The standard InChI is InChI=1S/C21H22Cl2N4O4/c1-2-9-26(12-20(28)25-17-8-4-14(22)11-16(17)23)21(29)13-3-7-18(24-15-5-6-15)19(10-13)27(30)31/h3-4,7-8,10-11,15,24H,2,5-6,9,12H2,1H3,(H,25,28). The molecule has 8 nitrogen and oxygen atoms in total. The number of nitrogens with zero attached hydrogens (tertiary/aromatic N) is 2. The molecule has 0 bridgehead atoms. The summed E-state index contributed by atoms with van der Waals surface area (Å²) < 4.78 is 0. The Bertz CT molecular complexity index is 1010. The first-order valence-corrected chi connectivity index (χ1v) is 10.6. The van der Waals surface area contributed by atoms with Gasteiger partial charge in [-0.05, 0) is 49.6 Å². The van der Waals surface area contributed by atoms with Gasteiger partial charge in [-0.1, -0.05) is 30.1 Å². The van der Waals surface area contributed by atoms with E-state index in [1.807, 2.05) is 6.92 Å². The molecule has 0 saturated heterocycles. The lowest BCUT2D eigenvalue weighted by Gasteiger charge is -2.22. The predicted molar refractivity (Wildman–Crippen MR) is 121 cm³/mol. The Morgan fingerprint density at radius 1 is 1.16 bits per heavy atom. The Morgan fingerprint density at radius 3 is 2.48 bits per heavy atom. The smallest absolute Gasteiger partial charge is 0.293 e. The van der Waals surface area contributed by atoms with E-state index in [0.717, 1.165) is 12.8 Å². The minimum absolute atomic E-state index is 0.152. The van der Waals surface area contributed by atoms with E-state index in [2.05, 4.69) is 10.6 Å². The highest BCUT2D eigenvalue weighted by Gasteiger charge is 2.27. The van der Waals surface area contributed by atoms with Crippen molar-refractivity contribution in [3.63, 3.8) is 0 Å². The van der Waals surface area contributed by atoms with Crippen molar-refractivity contribution in [2.75, 3.05) is 23.7 Å². The third-order valence-electron chi connectivity index (χ3n) is 4.70. The lowest BCUT2D eigenvalue weighted by atomic mass is 10.1. The van der Waals surface area contributed by atoms with Crippen LogP contribution in [0.4, 0.5) is 17.1 Å². The third kappa shape index (κ3) is 6.08. The van der Waals surface area contributed by atoms with Crippen LogP contribution in [0.1, 0.15) is 36.5 Å². The summed E-state index contributed by atoms with van der Waals surface area (Å²) in [5.74, 6) is -0.896. The molecule has 1 saturated carbocycles. The fraction of sp³-hybridized carbons (Fsp3) is 0.333. The molecule has 0 unspecified atom stereocenters. The van der Waals surface area contributed by atoms with Gasteiger partial charge in [0.25, 0.3) is 11.6 Å². The maximum absolute atomic E-state index is 13.0. The van der Waals surface area contributed by atoms with E-state index in [-0.39, 0.29) is 28.9 Å². The van der Waals surface area contributed by atoms with Crippen molar-refractivity contribution in [2.24, 2.45) is 0 Å². The summed E-state index contributed by atoms with van der Waals surface area (Å²) in [5, 5.41) is 18.0. The van der Waals surface area contributed by atoms with Crippen LogP contribution in [0.3, 0.4) is 0 Å². The highest BCUT2D eigenvalue weighted by molar-refractivity contribution is 6.36. The van der Waals surface area contributed by atoms with Crippen molar-refractivity contribution >= 4 is 52.1 Å². The Morgan fingerprint density at radius 2 is 1.87 bits per heavy atom. The average Bonchev–Trinajstić information content (AvgIpc) is 3.53. The normalized spacial score (nSPS) is 12.9. The fourth-order valence-corrected chi connectivity index (χ4v) is 3.50. The second kappa shape index (κ2) is 9.98. The molecule has 3 rings (SSSR count). The predicted octanol–water partition coefficient (Wildman–Crippen LogP) is 4.97. The maximum Gasteiger partial charge on any atom is 0.293 e. The number of halogens is 2. The summed E-state index contributed by atoms with van der Waals surface area (Å²) in [6.07, 6.45) is 2.55. The molecule has 2 N–H and O–H groups in total. The molecule has 0 radical (unpaired) electrons. The van der Waals surface area contributed by atoms with Crippen molar-refractivity contribution in [3.05, 3.63) is 62.1 Å². The van der Waals surface area contributed by atoms with Gasteiger partial charge < -0.3 is 15.5 Å². The van der Waals surface area contributed by atoms with Gasteiger partial charge in [0.05, 0.1) is 15.6 Å². The van der Waals surface area contributed by atoms with Gasteiger partial charge >= 0.3 is 0 Å². The average molecular weight is 465 g/mol. The van der Waals surface area contributed by atoms with Crippen LogP contribution < -0.4 is 10.6 Å². The van der Waals surface area contributed by atoms with E-state index in [1.165, 1.54) is 23.1 Å².